The first-order valence-corrected chi connectivity index (χ1v) is 9.42. The van der Waals surface area contributed by atoms with Crippen LogP contribution < -0.4 is 15.4 Å². The van der Waals surface area contributed by atoms with Gasteiger partial charge >= 0.3 is 0 Å². The largest absolute Gasteiger partial charge is 0.454 e. The van der Waals surface area contributed by atoms with E-state index in [1.165, 1.54) is 11.0 Å². The Hall–Kier alpha value is -2.38. The maximum Gasteiger partial charge on any atom is 0.256 e. The lowest BCUT2D eigenvalue weighted by molar-refractivity contribution is -0.120. The second-order valence-corrected chi connectivity index (χ2v) is 7.31. The Kier molecular flexibility index (Phi) is 4.65. The van der Waals surface area contributed by atoms with Gasteiger partial charge in [-0.25, -0.2) is 4.39 Å². The molecule has 2 aromatic carbocycles. The molecule has 0 spiro atoms. The van der Waals surface area contributed by atoms with Crippen molar-refractivity contribution in [3.05, 3.63) is 47.2 Å². The predicted octanol–water partition coefficient (Wildman–Crippen LogP) is 4.34. The van der Waals surface area contributed by atoms with Gasteiger partial charge in [-0.15, -0.1) is 0 Å². The quantitative estimate of drug-likeness (QED) is 0.608. The number of halogens is 2. The summed E-state index contributed by atoms with van der Waals surface area (Å²) in [6, 6.07) is 9.10. The van der Waals surface area contributed by atoms with Gasteiger partial charge in [0.15, 0.2) is 5.11 Å². The van der Waals surface area contributed by atoms with Crippen LogP contribution in [0.5, 0.6) is 11.5 Å². The van der Waals surface area contributed by atoms with Crippen molar-refractivity contribution < 1.29 is 13.9 Å². The van der Waals surface area contributed by atoms with E-state index in [-0.39, 0.29) is 28.4 Å². The van der Waals surface area contributed by atoms with Crippen molar-refractivity contribution in [1.82, 2.24) is 4.90 Å². The summed E-state index contributed by atoms with van der Waals surface area (Å²) in [5, 5.41) is 0.394. The Labute approximate surface area is 166 Å². The molecule has 1 amide bonds. The minimum absolute atomic E-state index is 0.0355. The average molecular weight is 406 g/mol. The maximum atomic E-state index is 14.7. The highest BCUT2D eigenvalue weighted by atomic mass is 35.5. The number of benzene rings is 2. The van der Waals surface area contributed by atoms with Gasteiger partial charge in [0.1, 0.15) is 23.4 Å². The molecule has 1 atom stereocenters. The first-order valence-electron chi connectivity index (χ1n) is 8.63. The molecule has 0 saturated carbocycles. The van der Waals surface area contributed by atoms with Crippen LogP contribution in [0.3, 0.4) is 0 Å². The zero-order valence-electron chi connectivity index (χ0n) is 14.3. The molecule has 2 aliphatic heterocycles. The van der Waals surface area contributed by atoms with Crippen LogP contribution in [0.15, 0.2) is 36.4 Å². The van der Waals surface area contributed by atoms with Gasteiger partial charge in [-0.05, 0) is 49.7 Å². The second kappa shape index (κ2) is 6.98. The summed E-state index contributed by atoms with van der Waals surface area (Å²) in [4.78, 5) is 16.0. The van der Waals surface area contributed by atoms with Gasteiger partial charge in [-0.3, -0.25) is 9.69 Å². The van der Waals surface area contributed by atoms with Crippen LogP contribution in [0.4, 0.5) is 15.8 Å². The number of hydrogen-bond donors (Lipinski definition) is 1. The van der Waals surface area contributed by atoms with Crippen LogP contribution in [-0.4, -0.2) is 28.5 Å². The molecule has 2 fully saturated rings. The molecular formula is C19H17ClFN3O2S. The fraction of sp³-hybridized carbons (Fsp3) is 0.263. The van der Waals surface area contributed by atoms with Crippen molar-refractivity contribution in [3.63, 3.8) is 0 Å². The molecule has 0 radical (unpaired) electrons. The van der Waals surface area contributed by atoms with Crippen molar-refractivity contribution >= 4 is 46.2 Å². The van der Waals surface area contributed by atoms with Crippen LogP contribution in [0.2, 0.25) is 5.02 Å². The summed E-state index contributed by atoms with van der Waals surface area (Å²) in [6.45, 7) is 0.699. The summed E-state index contributed by atoms with van der Waals surface area (Å²) in [7, 11) is 0. The SMILES string of the molecule is Nc1ccccc1Oc1cc(N2C(=O)[C@@H]3CCCCN3C2=S)c(F)cc1Cl. The zero-order chi connectivity index (χ0) is 19.1. The van der Waals surface area contributed by atoms with Gasteiger partial charge in [-0.2, -0.15) is 0 Å². The highest BCUT2D eigenvalue weighted by molar-refractivity contribution is 7.80. The van der Waals surface area contributed by atoms with Gasteiger partial charge in [0.05, 0.1) is 16.4 Å². The highest BCUT2D eigenvalue weighted by Gasteiger charge is 2.45. The molecule has 0 aromatic heterocycles. The standard InChI is InChI=1S/C19H17ClFN3O2S/c20-11-9-12(21)15(10-17(11)26-16-7-2-1-5-13(16)22)24-18(25)14-6-3-4-8-23(14)19(24)27/h1-2,5,7,9-10,14H,3-4,6,8,22H2/t14-/m0/s1. The third-order valence-corrected chi connectivity index (χ3v) is 5.54. The topological polar surface area (TPSA) is 58.8 Å². The Bertz CT molecular complexity index is 915. The number of carbonyl (C=O) groups is 1. The normalized spacial score (nSPS) is 19.4. The molecule has 140 valence electrons. The van der Waals surface area contributed by atoms with E-state index in [0.717, 1.165) is 18.9 Å². The van der Waals surface area contributed by atoms with E-state index in [4.69, 9.17) is 34.3 Å². The molecule has 27 heavy (non-hydrogen) atoms. The highest BCUT2D eigenvalue weighted by Crippen LogP contribution is 2.39. The lowest BCUT2D eigenvalue weighted by atomic mass is 10.0. The summed E-state index contributed by atoms with van der Waals surface area (Å²) in [5.41, 5.74) is 6.35. The van der Waals surface area contributed by atoms with Gasteiger partial charge in [0.25, 0.3) is 5.91 Å². The lowest BCUT2D eigenvalue weighted by Gasteiger charge is -2.27. The average Bonchev–Trinajstić information content (AvgIpc) is 2.91. The smallest absolute Gasteiger partial charge is 0.256 e. The predicted molar refractivity (Wildman–Crippen MR) is 107 cm³/mol. The molecule has 8 heteroatoms. The molecule has 4 rings (SSSR count). The third-order valence-electron chi connectivity index (χ3n) is 4.83. The van der Waals surface area contributed by atoms with E-state index in [0.29, 0.717) is 29.5 Å². The molecule has 0 bridgehead atoms. The van der Waals surface area contributed by atoms with Gasteiger partial charge in [-0.1, -0.05) is 23.7 Å². The molecule has 0 unspecified atom stereocenters. The number of fused-ring (bicyclic) bond motifs is 1. The zero-order valence-corrected chi connectivity index (χ0v) is 15.9. The van der Waals surface area contributed by atoms with Crippen LogP contribution in [0, 0.1) is 5.82 Å². The van der Waals surface area contributed by atoms with E-state index >= 15 is 0 Å². The molecule has 0 aliphatic carbocycles. The Morgan fingerprint density at radius 2 is 2.00 bits per heavy atom. The minimum atomic E-state index is -0.635. The van der Waals surface area contributed by atoms with Gasteiger partial charge in [0, 0.05) is 12.6 Å². The van der Waals surface area contributed by atoms with Crippen molar-refractivity contribution in [1.29, 1.82) is 0 Å². The number of hydrogen-bond acceptors (Lipinski definition) is 4. The lowest BCUT2D eigenvalue weighted by Crippen LogP contribution is -2.38. The van der Waals surface area contributed by atoms with E-state index in [1.807, 2.05) is 4.90 Å². The number of amides is 1. The van der Waals surface area contributed by atoms with E-state index in [2.05, 4.69) is 0 Å². The number of anilines is 2. The summed E-state index contributed by atoms with van der Waals surface area (Å²) < 4.78 is 20.5. The van der Waals surface area contributed by atoms with Gasteiger partial charge < -0.3 is 15.4 Å². The van der Waals surface area contributed by atoms with Crippen molar-refractivity contribution in [2.24, 2.45) is 0 Å². The number of nitrogen functional groups attached to an aromatic ring is 1. The Morgan fingerprint density at radius 3 is 2.74 bits per heavy atom. The monoisotopic (exact) mass is 405 g/mol. The molecule has 5 nitrogen and oxygen atoms in total. The second-order valence-electron chi connectivity index (χ2n) is 6.54. The number of nitrogens with zero attached hydrogens (tertiary/aromatic N) is 2. The fourth-order valence-electron chi connectivity index (χ4n) is 3.47. The number of carbonyl (C=O) groups excluding carboxylic acids is 1. The molecule has 2 aromatic rings. The summed E-state index contributed by atoms with van der Waals surface area (Å²) >= 11 is 11.6. The first kappa shape index (κ1) is 18.0. The molecular weight excluding hydrogens is 389 g/mol. The molecule has 2 heterocycles. The Balaban J connectivity index is 1.72. The molecule has 2 N–H and O–H groups in total. The summed E-state index contributed by atoms with van der Waals surface area (Å²) in [5.74, 6) is -0.258. The van der Waals surface area contributed by atoms with Crippen LogP contribution >= 0.6 is 23.8 Å². The van der Waals surface area contributed by atoms with Crippen molar-refractivity contribution in [2.45, 2.75) is 25.3 Å². The fourth-order valence-corrected chi connectivity index (χ4v) is 4.07. The van der Waals surface area contributed by atoms with E-state index in [9.17, 15) is 9.18 Å². The number of piperidine rings is 1. The number of rotatable bonds is 3. The number of para-hydroxylation sites is 2. The number of ether oxygens (including phenoxy) is 1. The first-order chi connectivity index (χ1) is 13.0. The van der Waals surface area contributed by atoms with Crippen molar-refractivity contribution in [3.8, 4) is 11.5 Å². The van der Waals surface area contributed by atoms with E-state index in [1.54, 1.807) is 24.3 Å². The molecule has 2 aliphatic rings. The van der Waals surface area contributed by atoms with Gasteiger partial charge in [0.2, 0.25) is 0 Å². The number of nitrogens with two attached hydrogens (primary N) is 1. The summed E-state index contributed by atoms with van der Waals surface area (Å²) in [6.07, 6.45) is 2.63. The van der Waals surface area contributed by atoms with Crippen LogP contribution in [0.1, 0.15) is 19.3 Å². The van der Waals surface area contributed by atoms with Crippen LogP contribution in [0.25, 0.3) is 0 Å². The minimum Gasteiger partial charge on any atom is -0.454 e. The number of thiocarbonyl (C=S) groups is 1. The van der Waals surface area contributed by atoms with E-state index < -0.39 is 5.82 Å². The Morgan fingerprint density at radius 1 is 1.22 bits per heavy atom. The van der Waals surface area contributed by atoms with Crippen molar-refractivity contribution in [2.75, 3.05) is 17.2 Å². The van der Waals surface area contributed by atoms with Crippen LogP contribution in [-0.2, 0) is 4.79 Å². The third kappa shape index (κ3) is 3.11. The molecule has 2 saturated heterocycles. The maximum absolute atomic E-state index is 14.7.